The topological polar surface area (TPSA) is 93.9 Å². The smallest absolute Gasteiger partial charge is 0.280 e. The molecule has 114 valence electrons. The Morgan fingerprint density at radius 1 is 1.45 bits per heavy atom. The van der Waals surface area contributed by atoms with Gasteiger partial charge in [-0.3, -0.25) is 19.8 Å². The largest absolute Gasteiger partial charge is 0.454 e. The lowest BCUT2D eigenvalue weighted by atomic mass is 10.1. The third-order valence-corrected chi connectivity index (χ3v) is 3.62. The number of hydrogen-bond acceptors (Lipinski definition) is 6. The highest BCUT2D eigenvalue weighted by Crippen LogP contribution is 2.38. The number of likely N-dealkylation sites (N-methyl/N-ethyl adjacent to an activating group) is 1. The second-order valence-corrected chi connectivity index (χ2v) is 4.95. The van der Waals surface area contributed by atoms with E-state index >= 15 is 0 Å². The van der Waals surface area contributed by atoms with Gasteiger partial charge in [0.15, 0.2) is 16.6 Å². The molecule has 2 heterocycles. The van der Waals surface area contributed by atoms with Gasteiger partial charge in [-0.15, -0.1) is 0 Å². The van der Waals surface area contributed by atoms with Crippen LogP contribution in [0, 0.1) is 10.1 Å². The van der Waals surface area contributed by atoms with Crippen LogP contribution in [0.5, 0.6) is 11.5 Å². The first-order valence-electron chi connectivity index (χ1n) is 6.44. The van der Waals surface area contributed by atoms with E-state index in [1.54, 1.807) is 6.92 Å². The van der Waals surface area contributed by atoms with Crippen molar-refractivity contribution in [1.29, 1.82) is 0 Å². The van der Waals surface area contributed by atoms with Crippen LogP contribution in [0.15, 0.2) is 17.8 Å². The first-order valence-corrected chi connectivity index (χ1v) is 6.84. The zero-order chi connectivity index (χ0) is 15.9. The highest BCUT2D eigenvalue weighted by Gasteiger charge is 2.30. The van der Waals surface area contributed by atoms with Crippen molar-refractivity contribution >= 4 is 35.0 Å². The Morgan fingerprint density at radius 3 is 2.73 bits per heavy atom. The van der Waals surface area contributed by atoms with Gasteiger partial charge in [-0.25, -0.2) is 0 Å². The third kappa shape index (κ3) is 2.25. The summed E-state index contributed by atoms with van der Waals surface area (Å²) >= 11 is 5.05. The van der Waals surface area contributed by atoms with Crippen molar-refractivity contribution in [2.24, 2.45) is 0 Å². The lowest BCUT2D eigenvalue weighted by Gasteiger charge is -2.08. The number of rotatable bonds is 3. The molecule has 1 N–H and O–H groups in total. The molecule has 1 fully saturated rings. The van der Waals surface area contributed by atoms with Gasteiger partial charge in [0, 0.05) is 6.54 Å². The summed E-state index contributed by atoms with van der Waals surface area (Å²) in [5.74, 6) is 0.391. The maximum absolute atomic E-state index is 12.1. The van der Waals surface area contributed by atoms with Crippen molar-refractivity contribution < 1.29 is 19.2 Å². The van der Waals surface area contributed by atoms with Crippen LogP contribution in [0.4, 0.5) is 5.69 Å². The Morgan fingerprint density at radius 2 is 2.14 bits per heavy atom. The molecular weight excluding hydrogens is 310 g/mol. The maximum Gasteiger partial charge on any atom is 0.280 e. The fourth-order valence-corrected chi connectivity index (χ4v) is 2.56. The molecule has 3 rings (SSSR count). The Kier molecular flexibility index (Phi) is 3.41. The van der Waals surface area contributed by atoms with Crippen LogP contribution >= 0.6 is 12.2 Å². The van der Waals surface area contributed by atoms with E-state index < -0.39 is 4.92 Å². The summed E-state index contributed by atoms with van der Waals surface area (Å²) in [4.78, 5) is 24.2. The van der Waals surface area contributed by atoms with Crippen LogP contribution in [-0.4, -0.2) is 34.2 Å². The van der Waals surface area contributed by atoms with Gasteiger partial charge in [0.05, 0.1) is 16.6 Å². The molecule has 0 unspecified atom stereocenters. The SMILES string of the molecule is CCN1C(=O)/C(=C\c2cc3c(cc2[N+](=O)[O-])OCO3)NC1=S. The highest BCUT2D eigenvalue weighted by atomic mass is 32.1. The van der Waals surface area contributed by atoms with Gasteiger partial charge in [0.25, 0.3) is 11.6 Å². The number of amides is 1. The van der Waals surface area contributed by atoms with E-state index in [-0.39, 0.29) is 34.8 Å². The Bertz CT molecular complexity index is 731. The lowest BCUT2D eigenvalue weighted by Crippen LogP contribution is -2.30. The Labute approximate surface area is 130 Å². The van der Waals surface area contributed by atoms with Crippen molar-refractivity contribution in [3.63, 3.8) is 0 Å². The fraction of sp³-hybridized carbons (Fsp3) is 0.231. The van der Waals surface area contributed by atoms with Crippen molar-refractivity contribution in [2.45, 2.75) is 6.92 Å². The predicted octanol–water partition coefficient (Wildman–Crippen LogP) is 1.40. The summed E-state index contributed by atoms with van der Waals surface area (Å²) in [7, 11) is 0. The van der Waals surface area contributed by atoms with E-state index in [9.17, 15) is 14.9 Å². The van der Waals surface area contributed by atoms with Crippen LogP contribution in [0.1, 0.15) is 12.5 Å². The van der Waals surface area contributed by atoms with Crippen molar-refractivity contribution in [3.05, 3.63) is 33.5 Å². The number of thiocarbonyl (C=S) groups is 1. The number of ether oxygens (including phenoxy) is 2. The Hall–Kier alpha value is -2.68. The second-order valence-electron chi connectivity index (χ2n) is 4.56. The average molecular weight is 321 g/mol. The number of nitrogens with zero attached hydrogens (tertiary/aromatic N) is 2. The minimum absolute atomic E-state index is 0.0113. The molecular formula is C13H11N3O5S. The monoisotopic (exact) mass is 321 g/mol. The Balaban J connectivity index is 2.05. The van der Waals surface area contributed by atoms with E-state index in [1.165, 1.54) is 23.1 Å². The maximum atomic E-state index is 12.1. The molecule has 1 aromatic rings. The van der Waals surface area contributed by atoms with Crippen LogP contribution in [0.25, 0.3) is 6.08 Å². The quantitative estimate of drug-likeness (QED) is 0.389. The number of carbonyl (C=O) groups is 1. The molecule has 0 spiro atoms. The van der Waals surface area contributed by atoms with Crippen molar-refractivity contribution in [2.75, 3.05) is 13.3 Å². The van der Waals surface area contributed by atoms with E-state index in [1.807, 2.05) is 0 Å². The molecule has 1 saturated heterocycles. The summed E-state index contributed by atoms with van der Waals surface area (Å²) in [5, 5.41) is 14.2. The summed E-state index contributed by atoms with van der Waals surface area (Å²) in [6.07, 6.45) is 1.39. The zero-order valence-electron chi connectivity index (χ0n) is 11.5. The molecule has 0 radical (unpaired) electrons. The van der Waals surface area contributed by atoms with Gasteiger partial charge in [0.2, 0.25) is 6.79 Å². The van der Waals surface area contributed by atoms with Gasteiger partial charge in [-0.05, 0) is 31.3 Å². The summed E-state index contributed by atoms with van der Waals surface area (Å²) < 4.78 is 10.3. The van der Waals surface area contributed by atoms with Gasteiger partial charge in [-0.1, -0.05) is 0 Å². The summed E-state index contributed by atoms with van der Waals surface area (Å²) in [5.41, 5.74) is 0.256. The van der Waals surface area contributed by atoms with Crippen LogP contribution in [0.3, 0.4) is 0 Å². The number of nitro benzene ring substituents is 1. The molecule has 0 bridgehead atoms. The van der Waals surface area contributed by atoms with E-state index in [4.69, 9.17) is 21.7 Å². The van der Waals surface area contributed by atoms with Gasteiger partial charge in [0.1, 0.15) is 5.70 Å². The first kappa shape index (κ1) is 14.3. The molecule has 8 nitrogen and oxygen atoms in total. The molecule has 0 aliphatic carbocycles. The molecule has 2 aliphatic heterocycles. The van der Waals surface area contributed by atoms with Crippen LogP contribution in [-0.2, 0) is 4.79 Å². The molecule has 2 aliphatic rings. The van der Waals surface area contributed by atoms with Gasteiger partial charge < -0.3 is 14.8 Å². The van der Waals surface area contributed by atoms with E-state index in [0.29, 0.717) is 18.0 Å². The summed E-state index contributed by atoms with van der Waals surface area (Å²) in [6, 6.07) is 2.75. The zero-order valence-corrected chi connectivity index (χ0v) is 12.3. The van der Waals surface area contributed by atoms with Crippen molar-refractivity contribution in [1.82, 2.24) is 10.2 Å². The fourth-order valence-electron chi connectivity index (χ4n) is 2.23. The van der Waals surface area contributed by atoms with Crippen LogP contribution < -0.4 is 14.8 Å². The van der Waals surface area contributed by atoms with Crippen molar-refractivity contribution in [3.8, 4) is 11.5 Å². The predicted molar refractivity (Wildman–Crippen MR) is 80.3 cm³/mol. The molecule has 1 aromatic carbocycles. The first-order chi connectivity index (χ1) is 10.5. The highest BCUT2D eigenvalue weighted by molar-refractivity contribution is 7.80. The third-order valence-electron chi connectivity index (χ3n) is 3.30. The number of hydrogen-bond donors (Lipinski definition) is 1. The lowest BCUT2D eigenvalue weighted by molar-refractivity contribution is -0.385. The molecule has 0 atom stereocenters. The van der Waals surface area contributed by atoms with Gasteiger partial charge in [-0.2, -0.15) is 0 Å². The standard InChI is InChI=1S/C13H11N3O5S/c1-2-15-12(17)8(14-13(15)22)3-7-4-10-11(21-6-20-10)5-9(7)16(18)19/h3-5H,2,6H2,1H3,(H,14,22)/b8-3+. The average Bonchev–Trinajstić information content (AvgIpc) is 3.02. The number of nitrogens with one attached hydrogen (secondary N) is 1. The number of nitro groups is 1. The molecule has 0 aromatic heterocycles. The summed E-state index contributed by atoms with van der Waals surface area (Å²) in [6.45, 7) is 2.22. The normalized spacial score (nSPS) is 18.0. The molecule has 1 amide bonds. The second kappa shape index (κ2) is 5.26. The van der Waals surface area contributed by atoms with E-state index in [0.717, 1.165) is 0 Å². The number of carbonyl (C=O) groups excluding carboxylic acids is 1. The minimum Gasteiger partial charge on any atom is -0.454 e. The molecule has 0 saturated carbocycles. The number of benzene rings is 1. The number of fused-ring (bicyclic) bond motifs is 1. The minimum atomic E-state index is -0.538. The van der Waals surface area contributed by atoms with Crippen LogP contribution in [0.2, 0.25) is 0 Å². The molecule has 22 heavy (non-hydrogen) atoms. The van der Waals surface area contributed by atoms with Gasteiger partial charge >= 0.3 is 0 Å². The van der Waals surface area contributed by atoms with E-state index in [2.05, 4.69) is 5.32 Å². The molecule has 9 heteroatoms.